The van der Waals surface area contributed by atoms with Crippen LogP contribution in [-0.4, -0.2) is 10.8 Å². The van der Waals surface area contributed by atoms with Gasteiger partial charge in [-0.15, -0.1) is 0 Å². The highest BCUT2D eigenvalue weighted by atomic mass is 35.5. The SMILES string of the molecule is CC(=O)c1ccc(-c2ccncc2C)cc1Cl. The van der Waals surface area contributed by atoms with Crippen LogP contribution in [0.5, 0.6) is 0 Å². The van der Waals surface area contributed by atoms with Crippen molar-refractivity contribution in [2.24, 2.45) is 0 Å². The Hall–Kier alpha value is -1.67. The standard InChI is InChI=1S/C14H12ClNO/c1-9-8-16-6-5-12(9)11-3-4-13(10(2)17)14(15)7-11/h3-8H,1-2H3. The molecule has 0 bridgehead atoms. The van der Waals surface area contributed by atoms with Gasteiger partial charge in [0.15, 0.2) is 5.78 Å². The first kappa shape index (κ1) is 11.8. The van der Waals surface area contributed by atoms with Crippen molar-refractivity contribution in [1.29, 1.82) is 0 Å². The van der Waals surface area contributed by atoms with Crippen LogP contribution in [0.1, 0.15) is 22.8 Å². The van der Waals surface area contributed by atoms with Gasteiger partial charge >= 0.3 is 0 Å². The average molecular weight is 246 g/mol. The van der Waals surface area contributed by atoms with Gasteiger partial charge in [-0.25, -0.2) is 0 Å². The number of carbonyl (C=O) groups is 1. The van der Waals surface area contributed by atoms with Crippen molar-refractivity contribution in [2.75, 3.05) is 0 Å². The maximum absolute atomic E-state index is 11.3. The van der Waals surface area contributed by atoms with Crippen molar-refractivity contribution in [3.63, 3.8) is 0 Å². The molecule has 0 aliphatic rings. The zero-order chi connectivity index (χ0) is 12.4. The van der Waals surface area contributed by atoms with Gasteiger partial charge in [0, 0.05) is 18.0 Å². The van der Waals surface area contributed by atoms with Gasteiger partial charge in [-0.3, -0.25) is 9.78 Å². The second kappa shape index (κ2) is 4.68. The minimum absolute atomic E-state index is 0.0204. The summed E-state index contributed by atoms with van der Waals surface area (Å²) >= 11 is 6.09. The van der Waals surface area contributed by atoms with Crippen LogP contribution in [-0.2, 0) is 0 Å². The zero-order valence-corrected chi connectivity index (χ0v) is 10.5. The lowest BCUT2D eigenvalue weighted by atomic mass is 10.0. The van der Waals surface area contributed by atoms with Crippen LogP contribution in [0.4, 0.5) is 0 Å². The largest absolute Gasteiger partial charge is 0.294 e. The number of hydrogen-bond acceptors (Lipinski definition) is 2. The molecule has 0 fully saturated rings. The molecule has 0 radical (unpaired) electrons. The number of aromatic nitrogens is 1. The van der Waals surface area contributed by atoms with E-state index in [0.29, 0.717) is 10.6 Å². The van der Waals surface area contributed by atoms with Crippen molar-refractivity contribution in [1.82, 2.24) is 4.98 Å². The van der Waals surface area contributed by atoms with Gasteiger partial charge in [0.2, 0.25) is 0 Å². The highest BCUT2D eigenvalue weighted by molar-refractivity contribution is 6.34. The van der Waals surface area contributed by atoms with E-state index in [9.17, 15) is 4.79 Å². The second-order valence-corrected chi connectivity index (χ2v) is 4.35. The molecule has 1 aromatic carbocycles. The van der Waals surface area contributed by atoms with Gasteiger partial charge in [0.05, 0.1) is 5.02 Å². The molecule has 3 heteroatoms. The summed E-state index contributed by atoms with van der Waals surface area (Å²) in [4.78, 5) is 15.3. The summed E-state index contributed by atoms with van der Waals surface area (Å²) in [6.07, 6.45) is 3.55. The third kappa shape index (κ3) is 2.37. The van der Waals surface area contributed by atoms with Crippen LogP contribution >= 0.6 is 11.6 Å². The van der Waals surface area contributed by atoms with E-state index in [2.05, 4.69) is 4.98 Å². The number of Topliss-reactive ketones (excluding diaryl/α,β-unsaturated/α-hetero) is 1. The molecule has 17 heavy (non-hydrogen) atoms. The van der Waals surface area contributed by atoms with E-state index < -0.39 is 0 Å². The minimum atomic E-state index is -0.0204. The summed E-state index contributed by atoms with van der Waals surface area (Å²) < 4.78 is 0. The molecule has 0 saturated heterocycles. The van der Waals surface area contributed by atoms with Gasteiger partial charge in [0.1, 0.15) is 0 Å². The number of nitrogens with zero attached hydrogens (tertiary/aromatic N) is 1. The average Bonchev–Trinajstić information content (AvgIpc) is 2.29. The topological polar surface area (TPSA) is 30.0 Å². The Morgan fingerprint density at radius 1 is 1.29 bits per heavy atom. The lowest BCUT2D eigenvalue weighted by Crippen LogP contribution is -1.94. The van der Waals surface area contributed by atoms with Crippen molar-refractivity contribution in [2.45, 2.75) is 13.8 Å². The molecule has 0 aliphatic heterocycles. The molecule has 0 amide bonds. The Morgan fingerprint density at radius 3 is 2.65 bits per heavy atom. The van der Waals surface area contributed by atoms with Gasteiger partial charge < -0.3 is 0 Å². The molecule has 1 heterocycles. The predicted molar refractivity (Wildman–Crippen MR) is 69.4 cm³/mol. The Labute approximate surface area is 105 Å². The van der Waals surface area contributed by atoms with Crippen LogP contribution in [0.2, 0.25) is 5.02 Å². The predicted octanol–water partition coefficient (Wildman–Crippen LogP) is 3.91. The van der Waals surface area contributed by atoms with E-state index in [1.807, 2.05) is 31.3 Å². The molecular weight excluding hydrogens is 234 g/mol. The number of pyridine rings is 1. The van der Waals surface area contributed by atoms with E-state index >= 15 is 0 Å². The Morgan fingerprint density at radius 2 is 2.06 bits per heavy atom. The van der Waals surface area contributed by atoms with Crippen LogP contribution in [0.25, 0.3) is 11.1 Å². The maximum Gasteiger partial charge on any atom is 0.161 e. The van der Waals surface area contributed by atoms with Crippen molar-refractivity contribution < 1.29 is 4.79 Å². The Bertz CT molecular complexity index is 578. The fourth-order valence-corrected chi connectivity index (χ4v) is 2.08. The van der Waals surface area contributed by atoms with E-state index in [1.54, 1.807) is 12.3 Å². The monoisotopic (exact) mass is 245 g/mol. The Kier molecular flexibility index (Phi) is 3.25. The molecule has 2 nitrogen and oxygen atoms in total. The molecule has 2 rings (SSSR count). The molecule has 0 atom stereocenters. The zero-order valence-electron chi connectivity index (χ0n) is 9.70. The maximum atomic E-state index is 11.3. The number of carbonyl (C=O) groups excluding carboxylic acids is 1. The molecule has 0 unspecified atom stereocenters. The van der Waals surface area contributed by atoms with Crippen molar-refractivity contribution in [3.05, 3.63) is 52.8 Å². The first-order chi connectivity index (χ1) is 8.09. The van der Waals surface area contributed by atoms with Crippen LogP contribution < -0.4 is 0 Å². The lowest BCUT2D eigenvalue weighted by molar-refractivity contribution is 0.101. The van der Waals surface area contributed by atoms with Crippen LogP contribution in [0, 0.1) is 6.92 Å². The molecule has 0 N–H and O–H groups in total. The first-order valence-electron chi connectivity index (χ1n) is 5.31. The highest BCUT2D eigenvalue weighted by Crippen LogP contribution is 2.27. The highest BCUT2D eigenvalue weighted by Gasteiger charge is 2.08. The summed E-state index contributed by atoms with van der Waals surface area (Å²) in [6, 6.07) is 7.43. The third-order valence-electron chi connectivity index (χ3n) is 2.68. The fraction of sp³-hybridized carbons (Fsp3) is 0.143. The number of halogens is 1. The quantitative estimate of drug-likeness (QED) is 0.751. The summed E-state index contributed by atoms with van der Waals surface area (Å²) in [5.74, 6) is -0.0204. The smallest absolute Gasteiger partial charge is 0.161 e. The van der Waals surface area contributed by atoms with Crippen molar-refractivity contribution in [3.8, 4) is 11.1 Å². The fourth-order valence-electron chi connectivity index (χ4n) is 1.77. The molecule has 0 spiro atoms. The molecule has 0 saturated carbocycles. The third-order valence-corrected chi connectivity index (χ3v) is 2.99. The normalized spacial score (nSPS) is 10.3. The summed E-state index contributed by atoms with van der Waals surface area (Å²) in [7, 11) is 0. The molecule has 1 aromatic heterocycles. The summed E-state index contributed by atoms with van der Waals surface area (Å²) in [6.45, 7) is 3.51. The summed E-state index contributed by atoms with van der Waals surface area (Å²) in [5, 5.41) is 0.492. The van der Waals surface area contributed by atoms with Gasteiger partial charge in [-0.05, 0) is 48.7 Å². The number of rotatable bonds is 2. The number of benzene rings is 1. The lowest BCUT2D eigenvalue weighted by Gasteiger charge is -2.07. The Balaban J connectivity index is 2.52. The van der Waals surface area contributed by atoms with Crippen LogP contribution in [0.15, 0.2) is 36.7 Å². The van der Waals surface area contributed by atoms with Crippen LogP contribution in [0.3, 0.4) is 0 Å². The van der Waals surface area contributed by atoms with E-state index in [1.165, 1.54) is 6.92 Å². The van der Waals surface area contributed by atoms with Gasteiger partial charge in [-0.1, -0.05) is 17.7 Å². The number of hydrogen-bond donors (Lipinski definition) is 0. The molecule has 0 aliphatic carbocycles. The van der Waals surface area contributed by atoms with Crippen molar-refractivity contribution >= 4 is 17.4 Å². The molecule has 86 valence electrons. The van der Waals surface area contributed by atoms with Gasteiger partial charge in [-0.2, -0.15) is 0 Å². The molecule has 2 aromatic rings. The number of ketones is 1. The van der Waals surface area contributed by atoms with E-state index in [0.717, 1.165) is 16.7 Å². The first-order valence-corrected chi connectivity index (χ1v) is 5.69. The second-order valence-electron chi connectivity index (χ2n) is 3.94. The number of aryl methyl sites for hydroxylation is 1. The minimum Gasteiger partial charge on any atom is -0.294 e. The van der Waals surface area contributed by atoms with Gasteiger partial charge in [0.25, 0.3) is 0 Å². The van der Waals surface area contributed by atoms with E-state index in [-0.39, 0.29) is 5.78 Å². The molecular formula is C14H12ClNO. The van der Waals surface area contributed by atoms with E-state index in [4.69, 9.17) is 11.6 Å². The summed E-state index contributed by atoms with van der Waals surface area (Å²) in [5.41, 5.74) is 3.72.